The normalized spacial score (nSPS) is 12.8. The maximum Gasteiger partial charge on any atom is 0.0583 e. The van der Waals surface area contributed by atoms with Crippen LogP contribution in [0.3, 0.4) is 0 Å². The lowest BCUT2D eigenvalue weighted by atomic mass is 9.82. The van der Waals surface area contributed by atoms with Crippen molar-refractivity contribution in [2.24, 2.45) is 0 Å². The Morgan fingerprint density at radius 3 is 1.48 bits per heavy atom. The molecule has 11 rings (SSSR count). The predicted octanol–water partition coefficient (Wildman–Crippen LogP) is 15.2. The third-order valence-electron chi connectivity index (χ3n) is 12.1. The summed E-state index contributed by atoms with van der Waals surface area (Å²) in [6, 6.07) is 77.4. The Morgan fingerprint density at radius 1 is 0.379 bits per heavy atom. The second-order valence-electron chi connectivity index (χ2n) is 15.8. The highest BCUT2D eigenvalue weighted by Gasteiger charge is 2.36. The summed E-state index contributed by atoms with van der Waals surface area (Å²) in [6.45, 7) is 4.73. The van der Waals surface area contributed by atoms with Crippen LogP contribution in [-0.4, -0.2) is 4.57 Å². The zero-order valence-electron chi connectivity index (χ0n) is 32.5. The van der Waals surface area contributed by atoms with Crippen molar-refractivity contribution >= 4 is 66.7 Å². The summed E-state index contributed by atoms with van der Waals surface area (Å²) in [7, 11) is 0. The fourth-order valence-corrected chi connectivity index (χ4v) is 9.39. The van der Waals surface area contributed by atoms with Gasteiger partial charge in [0.2, 0.25) is 0 Å². The summed E-state index contributed by atoms with van der Waals surface area (Å²) >= 11 is 0. The van der Waals surface area contributed by atoms with Gasteiger partial charge in [-0.2, -0.15) is 0 Å². The fourth-order valence-electron chi connectivity index (χ4n) is 9.39. The van der Waals surface area contributed by atoms with E-state index in [1.165, 1.54) is 49.3 Å². The monoisotopic (exact) mass is 743 g/mol. The van der Waals surface area contributed by atoms with Crippen LogP contribution in [0.25, 0.3) is 49.4 Å². The minimum Gasteiger partial charge on any atom is -0.310 e. The summed E-state index contributed by atoms with van der Waals surface area (Å²) in [5.41, 5.74) is 15.2. The van der Waals surface area contributed by atoms with Crippen LogP contribution in [0.5, 0.6) is 0 Å². The number of hydrogen-bond acceptors (Lipinski definition) is 2. The molecule has 1 aromatic heterocycles. The van der Waals surface area contributed by atoms with E-state index >= 15 is 0 Å². The lowest BCUT2D eigenvalue weighted by Gasteiger charge is -2.30. The number of anilines is 6. The van der Waals surface area contributed by atoms with Gasteiger partial charge in [-0.05, 0) is 118 Å². The largest absolute Gasteiger partial charge is 0.310 e. The van der Waals surface area contributed by atoms with E-state index < -0.39 is 0 Å². The molecule has 3 heteroatoms. The van der Waals surface area contributed by atoms with Gasteiger partial charge in [-0.15, -0.1) is 0 Å². The molecule has 0 atom stereocenters. The molecule has 1 aliphatic carbocycles. The van der Waals surface area contributed by atoms with Crippen molar-refractivity contribution < 1.29 is 0 Å². The van der Waals surface area contributed by atoms with Gasteiger partial charge in [0, 0.05) is 44.6 Å². The van der Waals surface area contributed by atoms with Crippen molar-refractivity contribution in [1.29, 1.82) is 0 Å². The number of aromatic nitrogens is 1. The predicted molar refractivity (Wildman–Crippen MR) is 245 cm³/mol. The van der Waals surface area contributed by atoms with Crippen LogP contribution in [0.15, 0.2) is 212 Å². The Kier molecular flexibility index (Phi) is 7.84. The molecule has 0 fully saturated rings. The lowest BCUT2D eigenvalue weighted by Crippen LogP contribution is -2.15. The number of fused-ring (bicyclic) bond motifs is 7. The molecule has 0 N–H and O–H groups in total. The minimum absolute atomic E-state index is 0.140. The summed E-state index contributed by atoms with van der Waals surface area (Å²) in [5.74, 6) is 0. The number of rotatable bonds is 7. The highest BCUT2D eigenvalue weighted by molar-refractivity contribution is 6.20. The molecule has 0 aliphatic heterocycles. The van der Waals surface area contributed by atoms with E-state index in [0.29, 0.717) is 0 Å². The Bertz CT molecular complexity index is 3050. The fraction of sp³-hybridized carbons (Fsp3) is 0.0545. The van der Waals surface area contributed by atoms with Crippen molar-refractivity contribution in [2.75, 3.05) is 9.80 Å². The first-order chi connectivity index (χ1) is 28.5. The summed E-state index contributed by atoms with van der Waals surface area (Å²) < 4.78 is 2.52. The molecule has 0 spiro atoms. The average Bonchev–Trinajstić information content (AvgIpc) is 3.71. The first kappa shape index (κ1) is 33.9. The quantitative estimate of drug-likeness (QED) is 0.161. The van der Waals surface area contributed by atoms with Crippen LogP contribution >= 0.6 is 0 Å². The van der Waals surface area contributed by atoms with Crippen LogP contribution in [0, 0.1) is 0 Å². The molecule has 0 unspecified atom stereocenters. The minimum atomic E-state index is -0.140. The van der Waals surface area contributed by atoms with Crippen molar-refractivity contribution in [1.82, 2.24) is 4.57 Å². The summed E-state index contributed by atoms with van der Waals surface area (Å²) in [4.78, 5) is 4.82. The van der Waals surface area contributed by atoms with Crippen LogP contribution in [0.2, 0.25) is 0 Å². The first-order valence-electron chi connectivity index (χ1n) is 20.1. The molecular formula is C55H41N3. The topological polar surface area (TPSA) is 11.4 Å². The molecule has 0 saturated carbocycles. The van der Waals surface area contributed by atoms with E-state index in [-0.39, 0.29) is 5.41 Å². The van der Waals surface area contributed by atoms with Crippen molar-refractivity contribution in [3.8, 4) is 16.8 Å². The number of para-hydroxylation sites is 4. The second kappa shape index (κ2) is 13.4. The molecular weight excluding hydrogens is 703 g/mol. The van der Waals surface area contributed by atoms with Gasteiger partial charge in [0.05, 0.1) is 22.4 Å². The van der Waals surface area contributed by atoms with Crippen molar-refractivity contribution in [3.05, 3.63) is 223 Å². The Hall–Kier alpha value is -7.36. The molecule has 1 heterocycles. The Labute approximate surface area is 339 Å². The van der Waals surface area contributed by atoms with Gasteiger partial charge < -0.3 is 14.4 Å². The SMILES string of the molecule is CC1(C)c2ccccc2-c2ccc(-n3c4cc5ccccc5cc4c4c(N(c5ccccc5)c5ccccc5)cc(N(c5ccccc5)c5ccccc5)cc43)cc21. The van der Waals surface area contributed by atoms with Crippen LogP contribution in [-0.2, 0) is 5.41 Å². The van der Waals surface area contributed by atoms with Gasteiger partial charge in [-0.25, -0.2) is 0 Å². The number of benzene rings is 9. The first-order valence-corrected chi connectivity index (χ1v) is 20.1. The molecule has 3 nitrogen and oxygen atoms in total. The second-order valence-corrected chi connectivity index (χ2v) is 15.8. The average molecular weight is 744 g/mol. The van der Waals surface area contributed by atoms with Gasteiger partial charge in [0.25, 0.3) is 0 Å². The maximum absolute atomic E-state index is 2.52. The van der Waals surface area contributed by atoms with E-state index in [1.807, 2.05) is 0 Å². The lowest BCUT2D eigenvalue weighted by molar-refractivity contribution is 0.660. The maximum atomic E-state index is 2.52. The van der Waals surface area contributed by atoms with Gasteiger partial charge in [0.15, 0.2) is 0 Å². The molecule has 0 radical (unpaired) electrons. The van der Waals surface area contributed by atoms with Crippen molar-refractivity contribution in [3.63, 3.8) is 0 Å². The highest BCUT2D eigenvalue weighted by atomic mass is 15.2. The van der Waals surface area contributed by atoms with E-state index in [1.54, 1.807) is 0 Å². The van der Waals surface area contributed by atoms with Gasteiger partial charge in [0.1, 0.15) is 0 Å². The zero-order valence-corrected chi connectivity index (χ0v) is 32.5. The van der Waals surface area contributed by atoms with E-state index in [0.717, 1.165) is 45.3 Å². The summed E-state index contributed by atoms with van der Waals surface area (Å²) in [5, 5.41) is 4.84. The van der Waals surface area contributed by atoms with Crippen molar-refractivity contribution in [2.45, 2.75) is 19.3 Å². The van der Waals surface area contributed by atoms with E-state index in [9.17, 15) is 0 Å². The highest BCUT2D eigenvalue weighted by Crippen LogP contribution is 2.51. The zero-order chi connectivity index (χ0) is 38.8. The molecule has 9 aromatic carbocycles. The Balaban J connectivity index is 1.30. The van der Waals surface area contributed by atoms with E-state index in [4.69, 9.17) is 0 Å². The smallest absolute Gasteiger partial charge is 0.0583 e. The summed E-state index contributed by atoms with van der Waals surface area (Å²) in [6.07, 6.45) is 0. The Morgan fingerprint density at radius 2 is 0.879 bits per heavy atom. The molecule has 10 aromatic rings. The van der Waals surface area contributed by atoms with Gasteiger partial charge >= 0.3 is 0 Å². The molecule has 0 amide bonds. The number of nitrogens with zero attached hydrogens (tertiary/aromatic N) is 3. The molecule has 1 aliphatic rings. The third kappa shape index (κ3) is 5.35. The molecule has 0 bridgehead atoms. The van der Waals surface area contributed by atoms with E-state index in [2.05, 4.69) is 241 Å². The molecule has 276 valence electrons. The van der Waals surface area contributed by atoms with Crippen LogP contribution < -0.4 is 9.80 Å². The van der Waals surface area contributed by atoms with Crippen LogP contribution in [0.4, 0.5) is 34.1 Å². The molecule has 58 heavy (non-hydrogen) atoms. The van der Waals surface area contributed by atoms with Gasteiger partial charge in [-0.1, -0.05) is 141 Å². The third-order valence-corrected chi connectivity index (χ3v) is 12.1. The van der Waals surface area contributed by atoms with Crippen LogP contribution in [0.1, 0.15) is 25.0 Å². The standard InChI is InChI=1S/C55H41N3/c1-55(2)49-30-18-17-29-46(49)47-32-31-44(35-50(47)55)58-51-34-39-20-16-15-19-38(39)33-48(51)54-52(57(42-25-11-5-12-26-42)43-27-13-6-14-28-43)36-45(37-53(54)58)56(40-21-7-3-8-22-40)41-23-9-4-10-24-41/h3-37H,1-2H3. The van der Waals surface area contributed by atoms with Gasteiger partial charge in [-0.3, -0.25) is 0 Å². The molecule has 0 saturated heterocycles. The number of hydrogen-bond donors (Lipinski definition) is 0.